The molecule has 1 aliphatic carbocycles. The molecule has 0 aromatic heterocycles. The largest absolute Gasteiger partial charge is 0.338 e. The van der Waals surface area contributed by atoms with Crippen molar-refractivity contribution in [3.05, 3.63) is 0 Å². The van der Waals surface area contributed by atoms with Crippen LogP contribution < -0.4 is 11.5 Å². The first-order chi connectivity index (χ1) is 8.63. The van der Waals surface area contributed by atoms with Crippen LogP contribution in [0.15, 0.2) is 0 Å². The topological polar surface area (TPSA) is 72.3 Å². The van der Waals surface area contributed by atoms with Crippen molar-refractivity contribution in [2.24, 2.45) is 23.3 Å². The Morgan fingerprint density at radius 3 is 2.72 bits per heavy atom. The van der Waals surface area contributed by atoms with Crippen LogP contribution in [-0.4, -0.2) is 36.0 Å². The van der Waals surface area contributed by atoms with Gasteiger partial charge in [-0.3, -0.25) is 4.79 Å². The summed E-state index contributed by atoms with van der Waals surface area (Å²) in [5.41, 5.74) is 11.9. The number of amides is 1. The van der Waals surface area contributed by atoms with E-state index in [4.69, 9.17) is 11.5 Å². The van der Waals surface area contributed by atoms with Gasteiger partial charge in [-0.25, -0.2) is 0 Å². The number of likely N-dealkylation sites (tertiary alicyclic amines) is 1. The molecular formula is C14H27N3O. The second-order valence-electron chi connectivity index (χ2n) is 6.08. The third-order valence-electron chi connectivity index (χ3n) is 4.70. The number of rotatable bonds is 2. The Bertz CT molecular complexity index is 295. The lowest BCUT2D eigenvalue weighted by atomic mass is 9.83. The zero-order chi connectivity index (χ0) is 13.1. The minimum absolute atomic E-state index is 0.146. The van der Waals surface area contributed by atoms with Crippen molar-refractivity contribution in [2.75, 3.05) is 13.1 Å². The first-order valence-electron chi connectivity index (χ1n) is 7.39. The highest BCUT2D eigenvalue weighted by Crippen LogP contribution is 2.29. The van der Waals surface area contributed by atoms with Crippen molar-refractivity contribution in [1.29, 1.82) is 0 Å². The quantitative estimate of drug-likeness (QED) is 0.774. The van der Waals surface area contributed by atoms with Gasteiger partial charge in [0.2, 0.25) is 5.91 Å². The smallest absolute Gasteiger partial charge is 0.226 e. The van der Waals surface area contributed by atoms with Crippen LogP contribution in [-0.2, 0) is 4.79 Å². The molecular weight excluding hydrogens is 226 g/mol. The number of carbonyl (C=O) groups excluding carboxylic acids is 1. The molecule has 0 radical (unpaired) electrons. The van der Waals surface area contributed by atoms with Gasteiger partial charge in [0, 0.05) is 31.1 Å². The third-order valence-corrected chi connectivity index (χ3v) is 4.70. The molecule has 2 rings (SSSR count). The minimum Gasteiger partial charge on any atom is -0.338 e. The number of nitrogens with zero attached hydrogens (tertiary/aromatic N) is 1. The van der Waals surface area contributed by atoms with Crippen LogP contribution in [0.2, 0.25) is 0 Å². The maximum atomic E-state index is 12.6. The molecule has 4 heteroatoms. The zero-order valence-electron chi connectivity index (χ0n) is 11.5. The van der Waals surface area contributed by atoms with Gasteiger partial charge in [0.05, 0.1) is 0 Å². The molecule has 0 aromatic rings. The van der Waals surface area contributed by atoms with E-state index in [0.717, 1.165) is 38.6 Å². The van der Waals surface area contributed by atoms with E-state index >= 15 is 0 Å². The molecule has 0 spiro atoms. The number of carbonyl (C=O) groups is 1. The molecule has 1 aliphatic heterocycles. The average molecular weight is 253 g/mol. The molecule has 4 nitrogen and oxygen atoms in total. The Kier molecular flexibility index (Phi) is 4.62. The number of hydrogen-bond donors (Lipinski definition) is 2. The van der Waals surface area contributed by atoms with Gasteiger partial charge in [0.1, 0.15) is 0 Å². The predicted molar refractivity (Wildman–Crippen MR) is 72.9 cm³/mol. The summed E-state index contributed by atoms with van der Waals surface area (Å²) in [5.74, 6) is 0.991. The molecule has 1 saturated carbocycles. The van der Waals surface area contributed by atoms with Crippen molar-refractivity contribution in [3.63, 3.8) is 0 Å². The maximum absolute atomic E-state index is 12.6. The van der Waals surface area contributed by atoms with Crippen LogP contribution in [0.3, 0.4) is 0 Å². The van der Waals surface area contributed by atoms with E-state index in [-0.39, 0.29) is 18.0 Å². The fourth-order valence-electron chi connectivity index (χ4n) is 3.57. The molecule has 0 bridgehead atoms. The predicted octanol–water partition coefficient (Wildman–Crippen LogP) is 1.09. The molecule has 2 aliphatic rings. The van der Waals surface area contributed by atoms with Crippen molar-refractivity contribution in [1.82, 2.24) is 4.90 Å². The molecule has 1 amide bonds. The fraction of sp³-hybridized carbons (Fsp3) is 0.929. The molecule has 0 aromatic carbocycles. The van der Waals surface area contributed by atoms with E-state index in [1.807, 2.05) is 0 Å². The van der Waals surface area contributed by atoms with E-state index < -0.39 is 0 Å². The summed E-state index contributed by atoms with van der Waals surface area (Å²) in [4.78, 5) is 14.7. The standard InChI is InChI=1S/C14H27N3O/c1-10-4-3-7-17(13(10)9-15)14(18)11-5-2-6-12(16)8-11/h10-13H,2-9,15-16H2,1H3. The van der Waals surface area contributed by atoms with E-state index in [1.54, 1.807) is 0 Å². The van der Waals surface area contributed by atoms with Gasteiger partial charge < -0.3 is 16.4 Å². The summed E-state index contributed by atoms with van der Waals surface area (Å²) in [6.07, 6.45) is 6.34. The summed E-state index contributed by atoms with van der Waals surface area (Å²) < 4.78 is 0. The van der Waals surface area contributed by atoms with Crippen molar-refractivity contribution >= 4 is 5.91 Å². The Morgan fingerprint density at radius 2 is 2.06 bits per heavy atom. The lowest BCUT2D eigenvalue weighted by Gasteiger charge is -2.42. The summed E-state index contributed by atoms with van der Waals surface area (Å²) >= 11 is 0. The first kappa shape index (κ1) is 13.8. The molecule has 1 saturated heterocycles. The van der Waals surface area contributed by atoms with Crippen LogP contribution in [0.25, 0.3) is 0 Å². The van der Waals surface area contributed by atoms with Crippen molar-refractivity contribution in [2.45, 2.75) is 57.5 Å². The van der Waals surface area contributed by atoms with Crippen LogP contribution in [0.5, 0.6) is 0 Å². The van der Waals surface area contributed by atoms with Gasteiger partial charge >= 0.3 is 0 Å². The normalized spacial score (nSPS) is 37.6. The van der Waals surface area contributed by atoms with E-state index in [1.165, 1.54) is 6.42 Å². The second kappa shape index (κ2) is 6.02. The Morgan fingerprint density at radius 1 is 1.28 bits per heavy atom. The van der Waals surface area contributed by atoms with Gasteiger partial charge in [-0.15, -0.1) is 0 Å². The molecule has 18 heavy (non-hydrogen) atoms. The highest BCUT2D eigenvalue weighted by molar-refractivity contribution is 5.79. The maximum Gasteiger partial charge on any atom is 0.226 e. The van der Waals surface area contributed by atoms with Gasteiger partial charge in [0.15, 0.2) is 0 Å². The van der Waals surface area contributed by atoms with Gasteiger partial charge in [0.25, 0.3) is 0 Å². The highest BCUT2D eigenvalue weighted by Gasteiger charge is 2.35. The fourth-order valence-corrected chi connectivity index (χ4v) is 3.57. The monoisotopic (exact) mass is 253 g/mol. The van der Waals surface area contributed by atoms with Crippen molar-refractivity contribution < 1.29 is 4.79 Å². The summed E-state index contributed by atoms with van der Waals surface area (Å²) in [5, 5.41) is 0. The Balaban J connectivity index is 2.02. The lowest BCUT2D eigenvalue weighted by molar-refractivity contribution is -0.141. The van der Waals surface area contributed by atoms with Crippen molar-refractivity contribution in [3.8, 4) is 0 Å². The summed E-state index contributed by atoms with van der Waals surface area (Å²) in [6, 6.07) is 0.454. The summed E-state index contributed by atoms with van der Waals surface area (Å²) in [7, 11) is 0. The Labute approximate surface area is 110 Å². The van der Waals surface area contributed by atoms with Gasteiger partial charge in [-0.2, -0.15) is 0 Å². The molecule has 2 fully saturated rings. The average Bonchev–Trinajstić information content (AvgIpc) is 2.37. The van der Waals surface area contributed by atoms with Crippen LogP contribution in [0.1, 0.15) is 45.4 Å². The molecule has 104 valence electrons. The number of nitrogens with two attached hydrogens (primary N) is 2. The lowest BCUT2D eigenvalue weighted by Crippen LogP contribution is -2.53. The zero-order valence-corrected chi connectivity index (χ0v) is 11.5. The summed E-state index contributed by atoms with van der Waals surface area (Å²) in [6.45, 7) is 3.69. The van der Waals surface area contributed by atoms with Gasteiger partial charge in [-0.1, -0.05) is 13.3 Å². The molecule has 4 unspecified atom stereocenters. The third kappa shape index (κ3) is 2.86. The number of hydrogen-bond acceptors (Lipinski definition) is 3. The van der Waals surface area contributed by atoms with E-state index in [0.29, 0.717) is 18.4 Å². The van der Waals surface area contributed by atoms with Crippen LogP contribution >= 0.6 is 0 Å². The highest BCUT2D eigenvalue weighted by atomic mass is 16.2. The van der Waals surface area contributed by atoms with Gasteiger partial charge in [-0.05, 0) is 38.0 Å². The minimum atomic E-state index is 0.146. The second-order valence-corrected chi connectivity index (χ2v) is 6.08. The Hall–Kier alpha value is -0.610. The first-order valence-corrected chi connectivity index (χ1v) is 7.39. The molecule has 4 N–H and O–H groups in total. The van der Waals surface area contributed by atoms with Crippen LogP contribution in [0.4, 0.5) is 0 Å². The van der Waals surface area contributed by atoms with E-state index in [9.17, 15) is 4.79 Å². The number of piperidine rings is 1. The van der Waals surface area contributed by atoms with Crippen LogP contribution in [0, 0.1) is 11.8 Å². The van der Waals surface area contributed by atoms with E-state index in [2.05, 4.69) is 11.8 Å². The molecule has 4 atom stereocenters. The SMILES string of the molecule is CC1CCCN(C(=O)C2CCCC(N)C2)C1CN. The molecule has 1 heterocycles.